The van der Waals surface area contributed by atoms with E-state index in [0.717, 1.165) is 10.2 Å². The molecule has 0 spiro atoms. The van der Waals surface area contributed by atoms with Crippen LogP contribution in [0.4, 0.5) is 15.9 Å². The number of carbonyl (C=O) groups excluding carboxylic acids is 1. The van der Waals surface area contributed by atoms with E-state index in [4.69, 9.17) is 22.2 Å². The second kappa shape index (κ2) is 10.6. The third kappa shape index (κ3) is 6.05. The lowest BCUT2D eigenvalue weighted by Gasteiger charge is -2.18. The van der Waals surface area contributed by atoms with Crippen molar-refractivity contribution in [3.05, 3.63) is 80.9 Å². The number of nitrogens with two attached hydrogens (primary N) is 1. The van der Waals surface area contributed by atoms with E-state index in [9.17, 15) is 14.0 Å². The number of amides is 1. The average Bonchev–Trinajstić information content (AvgIpc) is 2.77. The summed E-state index contributed by atoms with van der Waals surface area (Å²) >= 11 is 6.00. The van der Waals surface area contributed by atoms with Crippen molar-refractivity contribution in [2.45, 2.75) is 40.3 Å². The molecule has 0 saturated heterocycles. The van der Waals surface area contributed by atoms with E-state index in [0.29, 0.717) is 5.02 Å². The van der Waals surface area contributed by atoms with E-state index >= 15 is 0 Å². The molecule has 10 heteroatoms. The van der Waals surface area contributed by atoms with Crippen LogP contribution < -0.4 is 27.1 Å². The van der Waals surface area contributed by atoms with Gasteiger partial charge < -0.3 is 15.9 Å². The molecule has 0 aliphatic carbocycles. The SMILES string of the molecule is CC(C)Oc1ccc(/N=c2/n(Cc3ccc(Cl)cc3)c(NC(=O)C(C)C)cc(=O)n2N)cc1F. The summed E-state index contributed by atoms with van der Waals surface area (Å²) in [5, 5.41) is 3.32. The maximum atomic E-state index is 14.6. The number of benzene rings is 2. The lowest BCUT2D eigenvalue weighted by atomic mass is 10.2. The summed E-state index contributed by atoms with van der Waals surface area (Å²) in [6.45, 7) is 7.26. The Morgan fingerprint density at radius 3 is 2.41 bits per heavy atom. The zero-order chi connectivity index (χ0) is 25.0. The minimum absolute atomic E-state index is 0.0124. The quantitative estimate of drug-likeness (QED) is 0.494. The Hall–Kier alpha value is -3.59. The number of anilines is 1. The number of aromatic nitrogens is 2. The lowest BCUT2D eigenvalue weighted by Crippen LogP contribution is -2.46. The smallest absolute Gasteiger partial charge is 0.275 e. The third-order valence-electron chi connectivity index (χ3n) is 4.78. The molecule has 0 aliphatic rings. The molecular weight excluding hydrogens is 461 g/mol. The molecule has 1 heterocycles. The van der Waals surface area contributed by atoms with Crippen LogP contribution in [0.25, 0.3) is 0 Å². The van der Waals surface area contributed by atoms with Crippen LogP contribution in [0.1, 0.15) is 33.3 Å². The number of rotatable bonds is 7. The topological polar surface area (TPSA) is 104 Å². The fourth-order valence-corrected chi connectivity index (χ4v) is 3.17. The number of hydrogen-bond acceptors (Lipinski definition) is 5. The first-order chi connectivity index (χ1) is 16.0. The zero-order valence-corrected chi connectivity index (χ0v) is 20.1. The second-order valence-corrected chi connectivity index (χ2v) is 8.72. The highest BCUT2D eigenvalue weighted by atomic mass is 35.5. The summed E-state index contributed by atoms with van der Waals surface area (Å²) in [6.07, 6.45) is -0.200. The van der Waals surface area contributed by atoms with Crippen molar-refractivity contribution in [2.24, 2.45) is 10.9 Å². The molecule has 180 valence electrons. The molecular formula is C24H27ClFN5O3. The van der Waals surface area contributed by atoms with Crippen molar-refractivity contribution in [3.8, 4) is 5.75 Å². The fraction of sp³-hybridized carbons (Fsp3) is 0.292. The number of carbonyl (C=O) groups is 1. The van der Waals surface area contributed by atoms with Gasteiger partial charge in [-0.2, -0.15) is 4.68 Å². The van der Waals surface area contributed by atoms with Crippen LogP contribution in [0.3, 0.4) is 0 Å². The lowest BCUT2D eigenvalue weighted by molar-refractivity contribution is -0.118. The maximum Gasteiger partial charge on any atom is 0.275 e. The van der Waals surface area contributed by atoms with Crippen LogP contribution >= 0.6 is 11.6 Å². The first-order valence-electron chi connectivity index (χ1n) is 10.7. The molecule has 0 fully saturated rings. The number of halogens is 2. The Bertz CT molecular complexity index is 1310. The van der Waals surface area contributed by atoms with Crippen LogP contribution in [-0.2, 0) is 11.3 Å². The summed E-state index contributed by atoms with van der Waals surface area (Å²) in [6, 6.07) is 12.5. The Morgan fingerprint density at radius 2 is 1.82 bits per heavy atom. The monoisotopic (exact) mass is 487 g/mol. The van der Waals surface area contributed by atoms with Gasteiger partial charge in [0.1, 0.15) is 5.82 Å². The third-order valence-corrected chi connectivity index (χ3v) is 5.03. The van der Waals surface area contributed by atoms with Crippen LogP contribution in [0.2, 0.25) is 5.02 Å². The number of nitrogens with zero attached hydrogens (tertiary/aromatic N) is 3. The zero-order valence-electron chi connectivity index (χ0n) is 19.4. The van der Waals surface area contributed by atoms with Crippen molar-refractivity contribution in [3.63, 3.8) is 0 Å². The van der Waals surface area contributed by atoms with Gasteiger partial charge in [-0.25, -0.2) is 9.38 Å². The molecule has 0 bridgehead atoms. The highest BCUT2D eigenvalue weighted by Crippen LogP contribution is 2.23. The summed E-state index contributed by atoms with van der Waals surface area (Å²) in [5.74, 6) is 5.12. The Labute approximate surface area is 201 Å². The number of ether oxygens (including phenoxy) is 1. The molecule has 2 aromatic carbocycles. The molecule has 3 rings (SSSR count). The first-order valence-corrected chi connectivity index (χ1v) is 11.1. The van der Waals surface area contributed by atoms with E-state index in [1.54, 1.807) is 62.6 Å². The van der Waals surface area contributed by atoms with E-state index in [1.165, 1.54) is 18.2 Å². The summed E-state index contributed by atoms with van der Waals surface area (Å²) in [7, 11) is 0. The maximum absolute atomic E-state index is 14.6. The highest BCUT2D eigenvalue weighted by molar-refractivity contribution is 6.30. The van der Waals surface area contributed by atoms with Gasteiger partial charge in [0.2, 0.25) is 11.5 Å². The van der Waals surface area contributed by atoms with Gasteiger partial charge in [0.15, 0.2) is 11.6 Å². The van der Waals surface area contributed by atoms with Gasteiger partial charge in [-0.1, -0.05) is 37.6 Å². The van der Waals surface area contributed by atoms with Crippen molar-refractivity contribution in [1.29, 1.82) is 0 Å². The highest BCUT2D eigenvalue weighted by Gasteiger charge is 2.15. The molecule has 0 atom stereocenters. The van der Waals surface area contributed by atoms with Gasteiger partial charge in [-0.3, -0.25) is 14.2 Å². The number of hydrogen-bond donors (Lipinski definition) is 2. The molecule has 0 radical (unpaired) electrons. The standard InChI is InChI=1S/C24H27ClFN5O3/c1-14(2)23(33)29-21-12-22(32)31(27)24(30(21)13-16-5-7-17(25)8-6-16)28-18-9-10-20(19(26)11-18)34-15(3)4/h5-12,14-15H,13,27H2,1-4H3,(H,29,33)/b28-24-. The van der Waals surface area contributed by atoms with Crippen LogP contribution in [-0.4, -0.2) is 21.3 Å². The first kappa shape index (κ1) is 25.0. The molecule has 34 heavy (non-hydrogen) atoms. The fourth-order valence-electron chi connectivity index (χ4n) is 3.04. The average molecular weight is 488 g/mol. The molecule has 1 amide bonds. The van der Waals surface area contributed by atoms with Crippen molar-refractivity contribution in [2.75, 3.05) is 11.2 Å². The number of nitrogen functional groups attached to an aromatic ring is 1. The molecule has 0 aliphatic heterocycles. The van der Waals surface area contributed by atoms with Crippen molar-refractivity contribution < 1.29 is 13.9 Å². The van der Waals surface area contributed by atoms with E-state index < -0.39 is 11.4 Å². The molecule has 1 aromatic heterocycles. The van der Waals surface area contributed by atoms with E-state index in [2.05, 4.69) is 10.3 Å². The van der Waals surface area contributed by atoms with Crippen LogP contribution in [0.15, 0.2) is 58.3 Å². The molecule has 0 saturated carbocycles. The van der Waals surface area contributed by atoms with Gasteiger partial charge in [0.05, 0.1) is 18.3 Å². The Morgan fingerprint density at radius 1 is 1.15 bits per heavy atom. The van der Waals surface area contributed by atoms with Gasteiger partial charge in [-0.05, 0) is 43.7 Å². The normalized spacial score (nSPS) is 11.8. The largest absolute Gasteiger partial charge is 0.488 e. The minimum Gasteiger partial charge on any atom is -0.488 e. The Kier molecular flexibility index (Phi) is 7.78. The molecule has 0 unspecified atom stereocenters. The number of nitrogens with one attached hydrogen (secondary N) is 1. The predicted molar refractivity (Wildman–Crippen MR) is 130 cm³/mol. The molecule has 3 N–H and O–H groups in total. The van der Waals surface area contributed by atoms with Crippen molar-refractivity contribution >= 4 is 29.0 Å². The summed E-state index contributed by atoms with van der Waals surface area (Å²) in [4.78, 5) is 29.5. The van der Waals surface area contributed by atoms with Gasteiger partial charge >= 0.3 is 0 Å². The van der Waals surface area contributed by atoms with Gasteiger partial charge in [0, 0.05) is 23.1 Å². The van der Waals surface area contributed by atoms with E-state index in [-0.39, 0.29) is 47.3 Å². The second-order valence-electron chi connectivity index (χ2n) is 8.29. The summed E-state index contributed by atoms with van der Waals surface area (Å²) < 4.78 is 22.4. The predicted octanol–water partition coefficient (Wildman–Crippen LogP) is 3.82. The van der Waals surface area contributed by atoms with Gasteiger partial charge in [-0.15, -0.1) is 0 Å². The molecule has 8 nitrogen and oxygen atoms in total. The molecule has 3 aromatic rings. The van der Waals surface area contributed by atoms with Gasteiger partial charge in [0.25, 0.3) is 5.56 Å². The van der Waals surface area contributed by atoms with E-state index in [1.807, 2.05) is 0 Å². The minimum atomic E-state index is -0.602. The van der Waals surface area contributed by atoms with Crippen LogP contribution in [0.5, 0.6) is 5.75 Å². The van der Waals surface area contributed by atoms with Crippen LogP contribution in [0, 0.1) is 11.7 Å². The summed E-state index contributed by atoms with van der Waals surface area (Å²) in [5.41, 5.74) is 0.449. The Balaban J connectivity index is 2.20. The van der Waals surface area contributed by atoms with Crippen molar-refractivity contribution in [1.82, 2.24) is 9.24 Å².